The maximum absolute atomic E-state index is 11.9. The molecule has 0 bridgehead atoms. The Morgan fingerprint density at radius 3 is 2.18 bits per heavy atom. The van der Waals surface area contributed by atoms with Gasteiger partial charge in [0.25, 0.3) is 0 Å². The van der Waals surface area contributed by atoms with Gasteiger partial charge in [-0.25, -0.2) is 4.79 Å². The molecule has 5 nitrogen and oxygen atoms in total. The van der Waals surface area contributed by atoms with Crippen molar-refractivity contribution >= 4 is 11.9 Å². The van der Waals surface area contributed by atoms with Gasteiger partial charge < -0.3 is 15.5 Å². The van der Waals surface area contributed by atoms with E-state index in [0.717, 1.165) is 16.7 Å². The molecule has 0 aromatic heterocycles. The zero-order valence-corrected chi connectivity index (χ0v) is 13.6. The molecule has 1 amide bonds. The van der Waals surface area contributed by atoms with E-state index in [0.29, 0.717) is 6.42 Å². The number of aliphatic hydroxyl groups excluding tert-OH is 1. The third-order valence-corrected chi connectivity index (χ3v) is 3.66. The monoisotopic (exact) mass is 307 g/mol. The van der Waals surface area contributed by atoms with Crippen LogP contribution in [0.4, 0.5) is 0 Å². The predicted molar refractivity (Wildman–Crippen MR) is 84.6 cm³/mol. The fourth-order valence-electron chi connectivity index (χ4n) is 2.40. The standard InChI is InChI=1S/C17H25NO4/c1-10(2)8-15(19)16(20)18-14(17(21)22)9-13-11(3)6-5-7-12(13)4/h5-7,10,14-15,19H,8-9H2,1-4H3,(H,18,20)(H,21,22)/t14-,15-/m0/s1. The van der Waals surface area contributed by atoms with Crippen LogP contribution in [0.1, 0.15) is 37.0 Å². The number of carboxylic acid groups (broad SMARTS) is 1. The van der Waals surface area contributed by atoms with E-state index in [1.807, 2.05) is 45.9 Å². The van der Waals surface area contributed by atoms with Gasteiger partial charge in [-0.15, -0.1) is 0 Å². The van der Waals surface area contributed by atoms with E-state index in [1.54, 1.807) is 0 Å². The van der Waals surface area contributed by atoms with Crippen molar-refractivity contribution in [2.75, 3.05) is 0 Å². The van der Waals surface area contributed by atoms with E-state index < -0.39 is 24.0 Å². The molecule has 0 fully saturated rings. The van der Waals surface area contributed by atoms with Crippen LogP contribution in [0, 0.1) is 19.8 Å². The minimum absolute atomic E-state index is 0.155. The fourth-order valence-corrected chi connectivity index (χ4v) is 2.40. The first-order valence-electron chi connectivity index (χ1n) is 7.48. The quantitative estimate of drug-likeness (QED) is 0.717. The van der Waals surface area contributed by atoms with Gasteiger partial charge in [-0.3, -0.25) is 4.79 Å². The summed E-state index contributed by atoms with van der Waals surface area (Å²) < 4.78 is 0. The maximum atomic E-state index is 11.9. The fraction of sp³-hybridized carbons (Fsp3) is 0.529. The third-order valence-electron chi connectivity index (χ3n) is 3.66. The van der Waals surface area contributed by atoms with Gasteiger partial charge in [0.2, 0.25) is 5.91 Å². The van der Waals surface area contributed by atoms with E-state index in [9.17, 15) is 19.8 Å². The van der Waals surface area contributed by atoms with Crippen molar-refractivity contribution in [1.29, 1.82) is 0 Å². The Labute approximate surface area is 131 Å². The SMILES string of the molecule is Cc1cccc(C)c1C[C@H](NC(=O)[C@@H](O)CC(C)C)C(=O)O. The van der Waals surface area contributed by atoms with Crippen LogP contribution in [0.25, 0.3) is 0 Å². The lowest BCUT2D eigenvalue weighted by molar-refractivity contribution is -0.143. The summed E-state index contributed by atoms with van der Waals surface area (Å²) in [4.78, 5) is 23.3. The summed E-state index contributed by atoms with van der Waals surface area (Å²) in [6.07, 6.45) is -0.671. The second-order valence-electron chi connectivity index (χ2n) is 6.12. The maximum Gasteiger partial charge on any atom is 0.326 e. The highest BCUT2D eigenvalue weighted by Gasteiger charge is 2.25. The molecule has 0 heterocycles. The molecule has 1 aromatic carbocycles. The minimum Gasteiger partial charge on any atom is -0.480 e. The summed E-state index contributed by atoms with van der Waals surface area (Å²) in [5.74, 6) is -1.58. The van der Waals surface area contributed by atoms with Crippen molar-refractivity contribution in [3.63, 3.8) is 0 Å². The van der Waals surface area contributed by atoms with Gasteiger partial charge in [-0.1, -0.05) is 32.0 Å². The van der Waals surface area contributed by atoms with Gasteiger partial charge >= 0.3 is 5.97 Å². The molecule has 0 saturated heterocycles. The Kier molecular flexibility index (Phi) is 6.56. The van der Waals surface area contributed by atoms with Gasteiger partial charge in [0.15, 0.2) is 0 Å². The highest BCUT2D eigenvalue weighted by molar-refractivity contribution is 5.86. The summed E-state index contributed by atoms with van der Waals surface area (Å²) in [5, 5.41) is 21.6. The number of carbonyl (C=O) groups is 2. The Balaban J connectivity index is 2.83. The molecule has 0 aliphatic rings. The molecular formula is C17H25NO4. The molecule has 0 aliphatic carbocycles. The lowest BCUT2D eigenvalue weighted by Crippen LogP contribution is -2.47. The van der Waals surface area contributed by atoms with Crippen LogP contribution in [-0.4, -0.2) is 34.2 Å². The lowest BCUT2D eigenvalue weighted by Gasteiger charge is -2.20. The van der Waals surface area contributed by atoms with Crippen LogP contribution in [0.5, 0.6) is 0 Å². The summed E-state index contributed by atoms with van der Waals surface area (Å²) in [5.41, 5.74) is 2.89. The number of aliphatic carboxylic acids is 1. The van der Waals surface area contributed by atoms with Crippen molar-refractivity contribution in [2.45, 2.75) is 52.7 Å². The largest absolute Gasteiger partial charge is 0.480 e. The molecule has 1 rings (SSSR count). The van der Waals surface area contributed by atoms with Crippen molar-refractivity contribution in [1.82, 2.24) is 5.32 Å². The predicted octanol–water partition coefficient (Wildman–Crippen LogP) is 1.82. The van der Waals surface area contributed by atoms with Gasteiger partial charge in [0.1, 0.15) is 12.1 Å². The molecule has 2 atom stereocenters. The van der Waals surface area contributed by atoms with Gasteiger partial charge in [0, 0.05) is 6.42 Å². The van der Waals surface area contributed by atoms with E-state index in [2.05, 4.69) is 5.32 Å². The normalized spacial score (nSPS) is 13.7. The first-order valence-corrected chi connectivity index (χ1v) is 7.48. The number of carboxylic acids is 1. The number of aryl methyl sites for hydroxylation is 2. The van der Waals surface area contributed by atoms with Crippen molar-refractivity contribution < 1.29 is 19.8 Å². The number of aliphatic hydroxyl groups is 1. The van der Waals surface area contributed by atoms with Crippen LogP contribution in [0.2, 0.25) is 0 Å². The van der Waals surface area contributed by atoms with E-state index in [1.165, 1.54) is 0 Å². The van der Waals surface area contributed by atoms with Crippen molar-refractivity contribution in [2.24, 2.45) is 5.92 Å². The number of nitrogens with one attached hydrogen (secondary N) is 1. The summed E-state index contributed by atoms with van der Waals surface area (Å²) >= 11 is 0. The van der Waals surface area contributed by atoms with E-state index in [4.69, 9.17) is 0 Å². The molecule has 5 heteroatoms. The minimum atomic E-state index is -1.18. The lowest BCUT2D eigenvalue weighted by atomic mass is 9.96. The zero-order valence-electron chi connectivity index (χ0n) is 13.6. The van der Waals surface area contributed by atoms with E-state index in [-0.39, 0.29) is 12.3 Å². The molecule has 0 radical (unpaired) electrons. The van der Waals surface area contributed by atoms with Crippen LogP contribution in [-0.2, 0) is 16.0 Å². The number of hydrogen-bond acceptors (Lipinski definition) is 3. The van der Waals surface area contributed by atoms with Crippen LogP contribution in [0.15, 0.2) is 18.2 Å². The Morgan fingerprint density at radius 1 is 1.18 bits per heavy atom. The zero-order chi connectivity index (χ0) is 16.9. The number of rotatable bonds is 7. The van der Waals surface area contributed by atoms with Crippen LogP contribution < -0.4 is 5.32 Å². The molecule has 0 unspecified atom stereocenters. The average molecular weight is 307 g/mol. The molecule has 0 saturated carbocycles. The van der Waals surface area contributed by atoms with Crippen LogP contribution in [0.3, 0.4) is 0 Å². The smallest absolute Gasteiger partial charge is 0.326 e. The molecule has 0 aliphatic heterocycles. The summed E-state index contributed by atoms with van der Waals surface area (Å²) in [6.45, 7) is 7.61. The molecule has 3 N–H and O–H groups in total. The number of carbonyl (C=O) groups excluding carboxylic acids is 1. The molecular weight excluding hydrogens is 282 g/mol. The highest BCUT2D eigenvalue weighted by Crippen LogP contribution is 2.16. The third kappa shape index (κ3) is 5.15. The Morgan fingerprint density at radius 2 is 1.73 bits per heavy atom. The molecule has 122 valence electrons. The van der Waals surface area contributed by atoms with Gasteiger partial charge in [-0.05, 0) is 42.9 Å². The highest BCUT2D eigenvalue weighted by atomic mass is 16.4. The average Bonchev–Trinajstić information content (AvgIpc) is 2.40. The van der Waals surface area contributed by atoms with Crippen molar-refractivity contribution in [3.05, 3.63) is 34.9 Å². The first kappa shape index (κ1) is 18.2. The van der Waals surface area contributed by atoms with Crippen LogP contribution >= 0.6 is 0 Å². The topological polar surface area (TPSA) is 86.6 Å². The first-order chi connectivity index (χ1) is 10.2. The van der Waals surface area contributed by atoms with Gasteiger partial charge in [-0.2, -0.15) is 0 Å². The van der Waals surface area contributed by atoms with E-state index >= 15 is 0 Å². The second kappa shape index (κ2) is 7.94. The Bertz CT molecular complexity index is 519. The number of amides is 1. The van der Waals surface area contributed by atoms with Gasteiger partial charge in [0.05, 0.1) is 0 Å². The van der Waals surface area contributed by atoms with Crippen molar-refractivity contribution in [3.8, 4) is 0 Å². The molecule has 1 aromatic rings. The number of hydrogen-bond donors (Lipinski definition) is 3. The summed E-state index contributed by atoms with van der Waals surface area (Å²) in [6, 6.07) is 4.69. The number of benzene rings is 1. The molecule has 0 spiro atoms. The molecule has 22 heavy (non-hydrogen) atoms. The second-order valence-corrected chi connectivity index (χ2v) is 6.12. The Hall–Kier alpha value is -1.88. The summed E-state index contributed by atoms with van der Waals surface area (Å²) in [7, 11) is 0.